The number of carboxylic acid groups (broad SMARTS) is 1. The Morgan fingerprint density at radius 3 is 2.47 bits per heavy atom. The number of fused-ring (bicyclic) bond motifs is 1. The molecule has 2 aliphatic rings. The van der Waals surface area contributed by atoms with Crippen molar-refractivity contribution < 1.29 is 24.3 Å². The number of anilines is 1. The summed E-state index contributed by atoms with van der Waals surface area (Å²) in [5.74, 6) is -1.75. The Morgan fingerprint density at radius 1 is 1.15 bits per heavy atom. The molecule has 2 aromatic rings. The van der Waals surface area contributed by atoms with E-state index in [1.807, 2.05) is 0 Å². The molecule has 12 heteroatoms. The number of hydrogen-bond acceptors (Lipinski definition) is 5. The number of carbonyl (C=O) groups is 4. The summed E-state index contributed by atoms with van der Waals surface area (Å²) in [6.07, 6.45) is 0.0289. The standard InChI is InChI=1S/C22H20Cl2N4O5S/c23-13-2-1-3-14(24)18(13)20(30)26-12-6-4-11(5-7-12)8-15(21(31)32)27-19(29)16-10-34-17-9-25-22(33)28(16)17/h1-7,15-17H,8-10H2,(H,25,33)(H,26,30)(H,27,29)(H,31,32). The summed E-state index contributed by atoms with van der Waals surface area (Å²) in [6.45, 7) is 0.460. The SMILES string of the molecule is O=C(Nc1ccc(CC(NC(=O)C2CSC3CNC(=O)N32)C(=O)O)cc1)c1c(Cl)cccc1Cl. The Balaban J connectivity index is 1.39. The number of benzene rings is 2. The van der Waals surface area contributed by atoms with E-state index >= 15 is 0 Å². The number of rotatable bonds is 7. The van der Waals surface area contributed by atoms with Crippen LogP contribution in [0.3, 0.4) is 0 Å². The van der Waals surface area contributed by atoms with Crippen molar-refractivity contribution in [3.8, 4) is 0 Å². The molecule has 0 aromatic heterocycles. The summed E-state index contributed by atoms with van der Waals surface area (Å²) < 4.78 is 0. The van der Waals surface area contributed by atoms with Crippen LogP contribution in [0.15, 0.2) is 42.5 Å². The number of thioether (sulfide) groups is 1. The Labute approximate surface area is 209 Å². The number of hydrogen-bond donors (Lipinski definition) is 4. The summed E-state index contributed by atoms with van der Waals surface area (Å²) in [6, 6.07) is 9.09. The van der Waals surface area contributed by atoms with Crippen molar-refractivity contribution in [2.75, 3.05) is 17.6 Å². The summed E-state index contributed by atoms with van der Waals surface area (Å²) in [5, 5.41) is 17.9. The molecule has 178 valence electrons. The minimum absolute atomic E-state index is 0.0289. The topological polar surface area (TPSA) is 128 Å². The highest BCUT2D eigenvalue weighted by atomic mass is 35.5. The summed E-state index contributed by atoms with van der Waals surface area (Å²) in [7, 11) is 0. The predicted molar refractivity (Wildman–Crippen MR) is 129 cm³/mol. The zero-order valence-corrected chi connectivity index (χ0v) is 19.9. The summed E-state index contributed by atoms with van der Waals surface area (Å²) >= 11 is 13.6. The van der Waals surface area contributed by atoms with Crippen molar-refractivity contribution in [2.45, 2.75) is 23.9 Å². The van der Waals surface area contributed by atoms with Crippen LogP contribution in [-0.2, 0) is 16.0 Å². The Bertz CT molecular complexity index is 1130. The Hall–Kier alpha value is -2.95. The molecule has 4 rings (SSSR count). The molecule has 9 nitrogen and oxygen atoms in total. The van der Waals surface area contributed by atoms with Crippen molar-refractivity contribution in [1.29, 1.82) is 0 Å². The average Bonchev–Trinajstić information content (AvgIpc) is 3.37. The van der Waals surface area contributed by atoms with E-state index in [0.717, 1.165) is 0 Å². The fraction of sp³-hybridized carbons (Fsp3) is 0.273. The first-order valence-electron chi connectivity index (χ1n) is 10.3. The number of halogens is 2. The van der Waals surface area contributed by atoms with Gasteiger partial charge in [0.2, 0.25) is 5.91 Å². The lowest BCUT2D eigenvalue weighted by molar-refractivity contribution is -0.142. The normalized spacial score (nSPS) is 19.8. The number of amides is 4. The number of carboxylic acids is 1. The predicted octanol–water partition coefficient (Wildman–Crippen LogP) is 2.82. The molecular formula is C22H20Cl2N4O5S. The fourth-order valence-corrected chi connectivity index (χ4v) is 5.69. The minimum atomic E-state index is -1.19. The van der Waals surface area contributed by atoms with Crippen molar-refractivity contribution in [2.24, 2.45) is 0 Å². The quantitative estimate of drug-likeness (QED) is 0.442. The van der Waals surface area contributed by atoms with E-state index in [2.05, 4.69) is 16.0 Å². The molecule has 4 N–H and O–H groups in total. The molecule has 2 fully saturated rings. The minimum Gasteiger partial charge on any atom is -0.480 e. The average molecular weight is 523 g/mol. The van der Waals surface area contributed by atoms with E-state index in [-0.39, 0.29) is 33.4 Å². The number of urea groups is 1. The van der Waals surface area contributed by atoms with Gasteiger partial charge in [-0.3, -0.25) is 14.5 Å². The van der Waals surface area contributed by atoms with E-state index in [9.17, 15) is 24.3 Å². The highest BCUT2D eigenvalue weighted by molar-refractivity contribution is 8.00. The van der Waals surface area contributed by atoms with Gasteiger partial charge >= 0.3 is 12.0 Å². The number of carbonyl (C=O) groups excluding carboxylic acids is 3. The first-order valence-corrected chi connectivity index (χ1v) is 12.1. The molecule has 3 unspecified atom stereocenters. The van der Waals surface area contributed by atoms with Crippen LogP contribution in [0.25, 0.3) is 0 Å². The molecule has 2 aromatic carbocycles. The lowest BCUT2D eigenvalue weighted by atomic mass is 10.0. The van der Waals surface area contributed by atoms with E-state index in [1.54, 1.807) is 42.5 Å². The van der Waals surface area contributed by atoms with Crippen LogP contribution in [0.2, 0.25) is 10.0 Å². The monoisotopic (exact) mass is 522 g/mol. The first kappa shape index (κ1) is 24.2. The number of aliphatic carboxylic acids is 1. The zero-order chi connectivity index (χ0) is 24.4. The molecule has 2 aliphatic heterocycles. The van der Waals surface area contributed by atoms with Crippen molar-refractivity contribution in [3.63, 3.8) is 0 Å². The smallest absolute Gasteiger partial charge is 0.326 e. The second kappa shape index (κ2) is 10.1. The van der Waals surface area contributed by atoms with Crippen molar-refractivity contribution in [3.05, 3.63) is 63.6 Å². The molecule has 2 saturated heterocycles. The van der Waals surface area contributed by atoms with E-state index in [0.29, 0.717) is 23.5 Å². The molecule has 0 radical (unpaired) electrons. The second-order valence-electron chi connectivity index (χ2n) is 7.75. The van der Waals surface area contributed by atoms with Gasteiger partial charge in [-0.1, -0.05) is 41.4 Å². The van der Waals surface area contributed by atoms with Gasteiger partial charge in [0.1, 0.15) is 12.1 Å². The first-order chi connectivity index (χ1) is 16.2. The lowest BCUT2D eigenvalue weighted by Crippen LogP contribution is -2.52. The zero-order valence-electron chi connectivity index (χ0n) is 17.6. The maximum atomic E-state index is 12.7. The largest absolute Gasteiger partial charge is 0.480 e. The van der Waals surface area contributed by atoms with Crippen LogP contribution < -0.4 is 16.0 Å². The van der Waals surface area contributed by atoms with Crippen LogP contribution in [0, 0.1) is 0 Å². The van der Waals surface area contributed by atoms with Crippen LogP contribution in [0.1, 0.15) is 15.9 Å². The molecule has 0 spiro atoms. The van der Waals surface area contributed by atoms with Crippen LogP contribution in [0.5, 0.6) is 0 Å². The number of nitrogens with one attached hydrogen (secondary N) is 3. The molecule has 4 amide bonds. The third-order valence-electron chi connectivity index (χ3n) is 5.51. The van der Waals surface area contributed by atoms with E-state index < -0.39 is 29.9 Å². The van der Waals surface area contributed by atoms with Gasteiger partial charge in [0, 0.05) is 24.4 Å². The van der Waals surface area contributed by atoms with Gasteiger partial charge in [0.25, 0.3) is 5.91 Å². The fourth-order valence-electron chi connectivity index (χ4n) is 3.80. The van der Waals surface area contributed by atoms with Crippen LogP contribution in [0.4, 0.5) is 10.5 Å². The molecule has 0 bridgehead atoms. The highest BCUT2D eigenvalue weighted by Crippen LogP contribution is 2.32. The van der Waals surface area contributed by atoms with Gasteiger partial charge in [-0.05, 0) is 29.8 Å². The van der Waals surface area contributed by atoms with Gasteiger partial charge in [-0.15, -0.1) is 11.8 Å². The van der Waals surface area contributed by atoms with Crippen LogP contribution >= 0.6 is 35.0 Å². The van der Waals surface area contributed by atoms with Crippen molar-refractivity contribution in [1.82, 2.24) is 15.5 Å². The third-order valence-corrected chi connectivity index (χ3v) is 7.43. The Morgan fingerprint density at radius 2 is 1.82 bits per heavy atom. The second-order valence-corrected chi connectivity index (χ2v) is 9.77. The molecule has 0 saturated carbocycles. The molecule has 0 aliphatic carbocycles. The van der Waals surface area contributed by atoms with Gasteiger partial charge in [-0.25, -0.2) is 9.59 Å². The van der Waals surface area contributed by atoms with E-state index in [4.69, 9.17) is 23.2 Å². The number of nitrogens with zero attached hydrogens (tertiary/aromatic N) is 1. The highest BCUT2D eigenvalue weighted by Gasteiger charge is 2.45. The van der Waals surface area contributed by atoms with Crippen molar-refractivity contribution >= 4 is 64.5 Å². The molecule has 2 heterocycles. The summed E-state index contributed by atoms with van der Waals surface area (Å²) in [5.41, 5.74) is 1.26. The van der Waals surface area contributed by atoms with Gasteiger partial charge in [-0.2, -0.15) is 0 Å². The summed E-state index contributed by atoms with van der Waals surface area (Å²) in [4.78, 5) is 50.5. The molecular weight excluding hydrogens is 503 g/mol. The maximum absolute atomic E-state index is 12.7. The van der Waals surface area contributed by atoms with E-state index in [1.165, 1.54) is 16.7 Å². The van der Waals surface area contributed by atoms with Crippen LogP contribution in [-0.4, -0.2) is 63.6 Å². The Kier molecular flexibility index (Phi) is 7.20. The lowest BCUT2D eigenvalue weighted by Gasteiger charge is -2.23. The van der Waals surface area contributed by atoms with Gasteiger partial charge in [0.05, 0.1) is 21.0 Å². The van der Waals surface area contributed by atoms with Gasteiger partial charge in [0.15, 0.2) is 0 Å². The van der Waals surface area contributed by atoms with Gasteiger partial charge < -0.3 is 21.1 Å². The third kappa shape index (κ3) is 5.08. The molecule has 34 heavy (non-hydrogen) atoms. The molecule has 3 atom stereocenters. The maximum Gasteiger partial charge on any atom is 0.326 e.